The number of rotatable bonds is 10. The molecule has 0 N–H and O–H groups in total. The maximum absolute atomic E-state index is 11.8. The summed E-state index contributed by atoms with van der Waals surface area (Å²) in [6.07, 6.45) is 5.83. The number of benzene rings is 2. The van der Waals surface area contributed by atoms with Crippen molar-refractivity contribution in [3.05, 3.63) is 70.8 Å². The van der Waals surface area contributed by atoms with Crippen LogP contribution < -0.4 is 0 Å². The molecule has 0 amide bonds. The van der Waals surface area contributed by atoms with Gasteiger partial charge in [0.05, 0.1) is 0 Å². The number of hydrogen-bond acceptors (Lipinski definition) is 3. The molecule has 0 fully saturated rings. The van der Waals surface area contributed by atoms with E-state index in [1.54, 1.807) is 0 Å². The quantitative estimate of drug-likeness (QED) is 0.317. The minimum absolute atomic E-state index is 0.307. The molecule has 0 heterocycles. The van der Waals surface area contributed by atoms with Gasteiger partial charge < -0.3 is 4.74 Å². The van der Waals surface area contributed by atoms with Crippen molar-refractivity contribution in [3.8, 4) is 0 Å². The molecule has 0 saturated heterocycles. The predicted octanol–water partition coefficient (Wildman–Crippen LogP) is 5.50. The highest BCUT2D eigenvalue weighted by Gasteiger charge is 2.10. The van der Waals surface area contributed by atoms with Gasteiger partial charge in [0.1, 0.15) is 0 Å². The van der Waals surface area contributed by atoms with Crippen LogP contribution in [-0.2, 0) is 27.2 Å². The molecule has 3 nitrogen and oxygen atoms in total. The van der Waals surface area contributed by atoms with Gasteiger partial charge in [0.25, 0.3) is 0 Å². The van der Waals surface area contributed by atoms with Crippen LogP contribution in [0.15, 0.2) is 48.5 Å². The number of unbranched alkanes of at least 4 members (excludes halogenated alkanes) is 2. The Bertz CT molecular complexity index is 651. The largest absolute Gasteiger partial charge is 0.393 e. The molecule has 144 valence electrons. The maximum Gasteiger partial charge on any atom is 0.313 e. The van der Waals surface area contributed by atoms with E-state index in [4.69, 9.17) is 4.74 Å². The fraction of sp³-hybridized carbons (Fsp3) is 0.417. The molecule has 0 aromatic heterocycles. The molecular weight excluding hydrogens is 336 g/mol. The van der Waals surface area contributed by atoms with E-state index in [1.807, 2.05) is 0 Å². The van der Waals surface area contributed by atoms with Gasteiger partial charge in [-0.25, -0.2) is 0 Å². The summed E-state index contributed by atoms with van der Waals surface area (Å²) in [7, 11) is 0. The second kappa shape index (κ2) is 11.3. The fourth-order valence-electron chi connectivity index (χ4n) is 2.94. The van der Waals surface area contributed by atoms with Crippen LogP contribution in [-0.4, -0.2) is 11.9 Å². The highest BCUT2D eigenvalue weighted by molar-refractivity contribution is 5.85. The first kappa shape index (κ1) is 20.9. The normalized spacial score (nSPS) is 10.6. The molecule has 0 saturated carbocycles. The van der Waals surface area contributed by atoms with E-state index >= 15 is 0 Å². The van der Waals surface area contributed by atoms with Crippen LogP contribution in [0.1, 0.15) is 60.8 Å². The summed E-state index contributed by atoms with van der Waals surface area (Å²) in [5, 5.41) is 0. The molecule has 27 heavy (non-hydrogen) atoms. The molecule has 3 heteroatoms. The summed E-state index contributed by atoms with van der Waals surface area (Å²) in [5.74, 6) is -0.801. The zero-order valence-corrected chi connectivity index (χ0v) is 16.5. The van der Waals surface area contributed by atoms with Gasteiger partial charge >= 0.3 is 11.9 Å². The lowest BCUT2D eigenvalue weighted by molar-refractivity contribution is -0.159. The molecule has 2 aromatic carbocycles. The van der Waals surface area contributed by atoms with Crippen LogP contribution in [0, 0.1) is 13.8 Å². The molecule has 0 unspecified atom stereocenters. The van der Waals surface area contributed by atoms with Crippen LogP contribution in [0.5, 0.6) is 0 Å². The SMILES string of the molecule is Cc1ccc(CCCCC(=O)OC(=O)CCCCc2ccc(C)cc2)cc1. The fourth-order valence-corrected chi connectivity index (χ4v) is 2.94. The Hall–Kier alpha value is -2.42. The third-order valence-electron chi connectivity index (χ3n) is 4.66. The van der Waals surface area contributed by atoms with E-state index in [0.717, 1.165) is 38.5 Å². The first-order valence-electron chi connectivity index (χ1n) is 9.87. The number of ether oxygens (including phenoxy) is 1. The van der Waals surface area contributed by atoms with Gasteiger partial charge in [-0.3, -0.25) is 9.59 Å². The molecule has 2 aromatic rings. The Kier molecular flexibility index (Phi) is 8.76. The average molecular weight is 367 g/mol. The number of hydrogen-bond donors (Lipinski definition) is 0. The summed E-state index contributed by atoms with van der Waals surface area (Å²) in [6, 6.07) is 16.9. The standard InChI is InChI=1S/C24H30O3/c1-19-11-15-21(16-12-19)7-3-5-9-23(25)27-24(26)10-6-4-8-22-17-13-20(2)14-18-22/h11-18H,3-10H2,1-2H3. The van der Waals surface area contributed by atoms with Crippen LogP contribution in [0.4, 0.5) is 0 Å². The molecule has 0 aliphatic carbocycles. The highest BCUT2D eigenvalue weighted by atomic mass is 16.6. The number of esters is 2. The van der Waals surface area contributed by atoms with E-state index in [0.29, 0.717) is 12.8 Å². The lowest BCUT2D eigenvalue weighted by atomic mass is 10.1. The Balaban J connectivity index is 1.52. The molecule has 0 aliphatic rings. The van der Waals surface area contributed by atoms with Crippen LogP contribution in [0.3, 0.4) is 0 Å². The van der Waals surface area contributed by atoms with Crippen molar-refractivity contribution in [2.75, 3.05) is 0 Å². The van der Waals surface area contributed by atoms with E-state index in [2.05, 4.69) is 62.4 Å². The van der Waals surface area contributed by atoms with Gasteiger partial charge in [0.15, 0.2) is 0 Å². The van der Waals surface area contributed by atoms with Crippen molar-refractivity contribution in [1.29, 1.82) is 0 Å². The van der Waals surface area contributed by atoms with Gasteiger partial charge in [-0.05, 0) is 63.5 Å². The number of aryl methyl sites for hydroxylation is 4. The smallest absolute Gasteiger partial charge is 0.313 e. The highest BCUT2D eigenvalue weighted by Crippen LogP contribution is 2.11. The molecule has 0 spiro atoms. The lowest BCUT2D eigenvalue weighted by Gasteiger charge is -2.05. The topological polar surface area (TPSA) is 43.4 Å². The lowest BCUT2D eigenvalue weighted by Crippen LogP contribution is -2.12. The van der Waals surface area contributed by atoms with Crippen molar-refractivity contribution in [3.63, 3.8) is 0 Å². The zero-order valence-electron chi connectivity index (χ0n) is 16.5. The average Bonchev–Trinajstić information content (AvgIpc) is 2.65. The van der Waals surface area contributed by atoms with E-state index in [1.165, 1.54) is 22.3 Å². The summed E-state index contributed by atoms with van der Waals surface area (Å²) < 4.78 is 4.91. The molecule has 2 rings (SSSR count). The molecule has 0 radical (unpaired) electrons. The Morgan fingerprint density at radius 1 is 0.630 bits per heavy atom. The zero-order chi connectivity index (χ0) is 19.5. The molecule has 0 bridgehead atoms. The Morgan fingerprint density at radius 2 is 1.00 bits per heavy atom. The summed E-state index contributed by atoms with van der Waals surface area (Å²) in [5.41, 5.74) is 5.05. The van der Waals surface area contributed by atoms with E-state index in [-0.39, 0.29) is 0 Å². The van der Waals surface area contributed by atoms with Crippen LogP contribution in [0.2, 0.25) is 0 Å². The van der Waals surface area contributed by atoms with Crippen molar-refractivity contribution >= 4 is 11.9 Å². The van der Waals surface area contributed by atoms with Crippen molar-refractivity contribution in [2.45, 2.75) is 65.2 Å². The second-order valence-corrected chi connectivity index (χ2v) is 7.23. The van der Waals surface area contributed by atoms with Crippen LogP contribution in [0.25, 0.3) is 0 Å². The Labute approximate surface area is 162 Å². The monoisotopic (exact) mass is 366 g/mol. The van der Waals surface area contributed by atoms with Gasteiger partial charge in [0.2, 0.25) is 0 Å². The molecule has 0 aliphatic heterocycles. The van der Waals surface area contributed by atoms with Crippen molar-refractivity contribution < 1.29 is 14.3 Å². The minimum Gasteiger partial charge on any atom is -0.393 e. The Morgan fingerprint density at radius 3 is 1.37 bits per heavy atom. The molecular formula is C24H30O3. The predicted molar refractivity (Wildman–Crippen MR) is 109 cm³/mol. The third kappa shape index (κ3) is 8.67. The maximum atomic E-state index is 11.8. The first-order valence-corrected chi connectivity index (χ1v) is 9.87. The van der Waals surface area contributed by atoms with Gasteiger partial charge in [0, 0.05) is 12.8 Å². The van der Waals surface area contributed by atoms with Gasteiger partial charge in [-0.15, -0.1) is 0 Å². The molecule has 0 atom stereocenters. The van der Waals surface area contributed by atoms with Crippen LogP contribution >= 0.6 is 0 Å². The minimum atomic E-state index is -0.401. The van der Waals surface area contributed by atoms with Gasteiger partial charge in [-0.1, -0.05) is 59.7 Å². The number of carbonyl (C=O) groups excluding carboxylic acids is 2. The summed E-state index contributed by atoms with van der Waals surface area (Å²) >= 11 is 0. The summed E-state index contributed by atoms with van der Waals surface area (Å²) in [4.78, 5) is 23.5. The number of carbonyl (C=O) groups is 2. The first-order chi connectivity index (χ1) is 13.0. The van der Waals surface area contributed by atoms with E-state index in [9.17, 15) is 9.59 Å². The van der Waals surface area contributed by atoms with Gasteiger partial charge in [-0.2, -0.15) is 0 Å². The second-order valence-electron chi connectivity index (χ2n) is 7.23. The summed E-state index contributed by atoms with van der Waals surface area (Å²) in [6.45, 7) is 4.14. The van der Waals surface area contributed by atoms with Crippen molar-refractivity contribution in [1.82, 2.24) is 0 Å². The van der Waals surface area contributed by atoms with Crippen molar-refractivity contribution in [2.24, 2.45) is 0 Å². The third-order valence-corrected chi connectivity index (χ3v) is 4.66. The van der Waals surface area contributed by atoms with E-state index < -0.39 is 11.9 Å².